The van der Waals surface area contributed by atoms with E-state index < -0.39 is 6.10 Å². The van der Waals surface area contributed by atoms with Crippen molar-refractivity contribution < 1.29 is 10.2 Å². The SMILES string of the molecule is O/C1=C/CCCCCCCCCC1O. The summed E-state index contributed by atoms with van der Waals surface area (Å²) < 4.78 is 0. The lowest BCUT2D eigenvalue weighted by atomic mass is 10.0. The van der Waals surface area contributed by atoms with Crippen LogP contribution >= 0.6 is 0 Å². The number of rotatable bonds is 0. The average Bonchev–Trinajstić information content (AvgIpc) is 2.18. The molecule has 2 nitrogen and oxygen atoms in total. The number of aliphatic hydroxyl groups is 2. The minimum absolute atomic E-state index is 0.186. The Morgan fingerprint density at radius 3 is 2.21 bits per heavy atom. The van der Waals surface area contributed by atoms with Gasteiger partial charge in [-0.2, -0.15) is 0 Å². The van der Waals surface area contributed by atoms with Crippen LogP contribution < -0.4 is 0 Å². The summed E-state index contributed by atoms with van der Waals surface area (Å²) in [6.07, 6.45) is 11.3. The van der Waals surface area contributed by atoms with E-state index in [1.165, 1.54) is 32.1 Å². The van der Waals surface area contributed by atoms with Crippen molar-refractivity contribution in [2.45, 2.75) is 63.9 Å². The quantitative estimate of drug-likeness (QED) is 0.627. The van der Waals surface area contributed by atoms with Crippen LogP contribution in [-0.4, -0.2) is 16.3 Å². The van der Waals surface area contributed by atoms with Gasteiger partial charge in [0.15, 0.2) is 0 Å². The molecule has 0 heterocycles. The van der Waals surface area contributed by atoms with E-state index in [0.717, 1.165) is 19.3 Å². The predicted molar refractivity (Wildman–Crippen MR) is 58.3 cm³/mol. The van der Waals surface area contributed by atoms with Gasteiger partial charge in [0.25, 0.3) is 0 Å². The van der Waals surface area contributed by atoms with Crippen molar-refractivity contribution in [3.05, 3.63) is 11.8 Å². The molecule has 0 fully saturated rings. The molecule has 1 rings (SSSR count). The Kier molecular flexibility index (Phi) is 5.69. The van der Waals surface area contributed by atoms with Crippen molar-refractivity contribution in [3.8, 4) is 0 Å². The molecule has 0 saturated heterocycles. The Morgan fingerprint density at radius 2 is 1.50 bits per heavy atom. The maximum Gasteiger partial charge on any atom is 0.117 e. The number of allylic oxidation sites excluding steroid dienone is 1. The van der Waals surface area contributed by atoms with Gasteiger partial charge in [0, 0.05) is 0 Å². The van der Waals surface area contributed by atoms with Crippen molar-refractivity contribution in [2.75, 3.05) is 0 Å². The zero-order valence-corrected chi connectivity index (χ0v) is 8.91. The summed E-state index contributed by atoms with van der Waals surface area (Å²) in [4.78, 5) is 0. The van der Waals surface area contributed by atoms with Gasteiger partial charge in [-0.05, 0) is 25.3 Å². The normalized spacial score (nSPS) is 30.9. The third kappa shape index (κ3) is 4.66. The Bertz CT molecular complexity index is 175. The highest BCUT2D eigenvalue weighted by atomic mass is 16.3. The number of aliphatic hydroxyl groups excluding tert-OH is 2. The van der Waals surface area contributed by atoms with Crippen LogP contribution in [0.25, 0.3) is 0 Å². The molecule has 1 aliphatic rings. The average molecular weight is 198 g/mol. The van der Waals surface area contributed by atoms with Gasteiger partial charge < -0.3 is 10.2 Å². The van der Waals surface area contributed by atoms with Crippen molar-refractivity contribution in [1.29, 1.82) is 0 Å². The molecule has 0 bridgehead atoms. The first-order chi connectivity index (χ1) is 6.80. The monoisotopic (exact) mass is 198 g/mol. The first-order valence-corrected chi connectivity index (χ1v) is 5.88. The van der Waals surface area contributed by atoms with Crippen LogP contribution in [0.15, 0.2) is 11.8 Å². The van der Waals surface area contributed by atoms with Crippen LogP contribution in [0.4, 0.5) is 0 Å². The lowest BCUT2D eigenvalue weighted by Crippen LogP contribution is -2.10. The number of hydrogen-bond donors (Lipinski definition) is 2. The molecule has 0 aliphatic heterocycles. The van der Waals surface area contributed by atoms with Gasteiger partial charge >= 0.3 is 0 Å². The molecule has 0 aromatic carbocycles. The second-order valence-corrected chi connectivity index (χ2v) is 4.20. The van der Waals surface area contributed by atoms with Gasteiger partial charge in [-0.15, -0.1) is 0 Å². The summed E-state index contributed by atoms with van der Waals surface area (Å²) in [5.74, 6) is 0.186. The predicted octanol–water partition coefficient (Wildman–Crippen LogP) is 3.31. The molecule has 82 valence electrons. The van der Waals surface area contributed by atoms with E-state index in [2.05, 4.69) is 0 Å². The Labute approximate surface area is 86.6 Å². The molecular formula is C12H22O2. The highest BCUT2D eigenvalue weighted by molar-refractivity contribution is 4.97. The third-order valence-electron chi connectivity index (χ3n) is 2.88. The van der Waals surface area contributed by atoms with E-state index in [4.69, 9.17) is 0 Å². The van der Waals surface area contributed by atoms with Crippen molar-refractivity contribution in [3.63, 3.8) is 0 Å². The maximum atomic E-state index is 9.54. The van der Waals surface area contributed by atoms with E-state index in [1.807, 2.05) is 0 Å². The molecule has 0 radical (unpaired) electrons. The van der Waals surface area contributed by atoms with E-state index >= 15 is 0 Å². The van der Waals surface area contributed by atoms with Gasteiger partial charge in [-0.3, -0.25) is 0 Å². The third-order valence-corrected chi connectivity index (χ3v) is 2.88. The molecule has 0 amide bonds. The molecule has 0 saturated carbocycles. The fourth-order valence-corrected chi connectivity index (χ4v) is 1.90. The largest absolute Gasteiger partial charge is 0.510 e. The second kappa shape index (κ2) is 6.88. The Hall–Kier alpha value is -0.500. The lowest BCUT2D eigenvalue weighted by Gasteiger charge is -2.11. The molecule has 0 aromatic rings. The summed E-state index contributed by atoms with van der Waals surface area (Å²) in [5, 5.41) is 19.0. The van der Waals surface area contributed by atoms with Gasteiger partial charge in [0.2, 0.25) is 0 Å². The smallest absolute Gasteiger partial charge is 0.117 e. The molecule has 0 spiro atoms. The van der Waals surface area contributed by atoms with E-state index in [9.17, 15) is 10.2 Å². The van der Waals surface area contributed by atoms with E-state index in [0.29, 0.717) is 6.42 Å². The zero-order valence-electron chi connectivity index (χ0n) is 8.91. The summed E-state index contributed by atoms with van der Waals surface area (Å²) in [5.41, 5.74) is 0. The van der Waals surface area contributed by atoms with Crippen LogP contribution in [-0.2, 0) is 0 Å². The van der Waals surface area contributed by atoms with Crippen LogP contribution in [0.5, 0.6) is 0 Å². The number of hydrogen-bond acceptors (Lipinski definition) is 2. The fourth-order valence-electron chi connectivity index (χ4n) is 1.90. The second-order valence-electron chi connectivity index (χ2n) is 4.20. The molecule has 2 N–H and O–H groups in total. The molecule has 2 heteroatoms. The fraction of sp³-hybridized carbons (Fsp3) is 0.833. The summed E-state index contributed by atoms with van der Waals surface area (Å²) >= 11 is 0. The molecule has 14 heavy (non-hydrogen) atoms. The van der Waals surface area contributed by atoms with Crippen molar-refractivity contribution >= 4 is 0 Å². The minimum Gasteiger partial charge on any atom is -0.510 e. The maximum absolute atomic E-state index is 9.54. The van der Waals surface area contributed by atoms with Gasteiger partial charge in [0.1, 0.15) is 11.9 Å². The molecule has 1 atom stereocenters. The summed E-state index contributed by atoms with van der Waals surface area (Å²) in [6, 6.07) is 0. The standard InChI is InChI=1S/C12H22O2/c13-11-9-7-5-3-1-2-4-6-8-10-12(11)14/h9,12-14H,1-8,10H2/b11-9+. The van der Waals surface area contributed by atoms with Crippen LogP contribution in [0.3, 0.4) is 0 Å². The van der Waals surface area contributed by atoms with Gasteiger partial charge in [-0.25, -0.2) is 0 Å². The Morgan fingerprint density at radius 1 is 0.929 bits per heavy atom. The summed E-state index contributed by atoms with van der Waals surface area (Å²) in [6.45, 7) is 0. The van der Waals surface area contributed by atoms with E-state index in [-0.39, 0.29) is 5.76 Å². The molecule has 0 aromatic heterocycles. The zero-order chi connectivity index (χ0) is 10.2. The topological polar surface area (TPSA) is 40.5 Å². The van der Waals surface area contributed by atoms with Crippen molar-refractivity contribution in [2.24, 2.45) is 0 Å². The Balaban J connectivity index is 2.36. The first-order valence-electron chi connectivity index (χ1n) is 5.88. The minimum atomic E-state index is -0.616. The van der Waals surface area contributed by atoms with Crippen molar-refractivity contribution in [1.82, 2.24) is 0 Å². The highest BCUT2D eigenvalue weighted by Gasteiger charge is 2.08. The lowest BCUT2D eigenvalue weighted by molar-refractivity contribution is 0.140. The summed E-state index contributed by atoms with van der Waals surface area (Å²) in [7, 11) is 0. The molecular weight excluding hydrogens is 176 g/mol. The van der Waals surface area contributed by atoms with Crippen LogP contribution in [0.1, 0.15) is 57.8 Å². The van der Waals surface area contributed by atoms with Gasteiger partial charge in [0.05, 0.1) is 0 Å². The van der Waals surface area contributed by atoms with Crippen LogP contribution in [0, 0.1) is 0 Å². The molecule has 1 unspecified atom stereocenters. The highest BCUT2D eigenvalue weighted by Crippen LogP contribution is 2.15. The molecule has 1 aliphatic carbocycles. The van der Waals surface area contributed by atoms with Gasteiger partial charge in [-0.1, -0.05) is 38.5 Å². The van der Waals surface area contributed by atoms with E-state index in [1.54, 1.807) is 6.08 Å². The first kappa shape index (κ1) is 11.6. The van der Waals surface area contributed by atoms with Crippen LogP contribution in [0.2, 0.25) is 0 Å².